The Morgan fingerprint density at radius 1 is 0.913 bits per heavy atom. The van der Waals surface area contributed by atoms with Crippen molar-refractivity contribution in [3.8, 4) is 11.5 Å². The minimum absolute atomic E-state index is 0.290. The summed E-state index contributed by atoms with van der Waals surface area (Å²) in [6.45, 7) is 1.89. The molecule has 0 saturated carbocycles. The minimum Gasteiger partial charge on any atom is -0.497 e. The third-order valence-corrected chi connectivity index (χ3v) is 3.22. The molecule has 2 rings (SSSR count). The molecule has 0 fully saturated rings. The van der Waals surface area contributed by atoms with Gasteiger partial charge in [0.05, 0.1) is 19.8 Å². The fourth-order valence-corrected chi connectivity index (χ4v) is 2.03. The van der Waals surface area contributed by atoms with E-state index in [0.29, 0.717) is 17.1 Å². The number of methoxy groups -OCH3 is 2. The van der Waals surface area contributed by atoms with Crippen LogP contribution in [0.25, 0.3) is 0 Å². The van der Waals surface area contributed by atoms with Crippen LogP contribution >= 0.6 is 0 Å². The van der Waals surface area contributed by atoms with Crippen LogP contribution in [0.3, 0.4) is 0 Å². The standard InChI is InChI=1S/C17H18N2O4/c1-11-5-4-6-12(9-11)16(20)18-19-17(21)14-8-7-13(22-2)10-15(14)23-3/h4-10H,1-3H3,(H,18,20)(H,19,21). The molecule has 120 valence electrons. The monoisotopic (exact) mass is 314 g/mol. The second-order valence-electron chi connectivity index (χ2n) is 4.84. The van der Waals surface area contributed by atoms with Crippen LogP contribution in [-0.2, 0) is 0 Å². The van der Waals surface area contributed by atoms with Crippen LogP contribution in [0, 0.1) is 6.92 Å². The summed E-state index contributed by atoms with van der Waals surface area (Å²) in [5, 5.41) is 0. The highest BCUT2D eigenvalue weighted by molar-refractivity contribution is 6.00. The van der Waals surface area contributed by atoms with Gasteiger partial charge in [-0.05, 0) is 31.2 Å². The van der Waals surface area contributed by atoms with Gasteiger partial charge in [-0.25, -0.2) is 0 Å². The summed E-state index contributed by atoms with van der Waals surface area (Å²) in [7, 11) is 2.98. The maximum atomic E-state index is 12.2. The Balaban J connectivity index is 2.06. The fraction of sp³-hybridized carbons (Fsp3) is 0.176. The average Bonchev–Trinajstić information content (AvgIpc) is 2.58. The first-order valence-corrected chi connectivity index (χ1v) is 6.94. The van der Waals surface area contributed by atoms with E-state index in [1.165, 1.54) is 14.2 Å². The molecule has 23 heavy (non-hydrogen) atoms. The van der Waals surface area contributed by atoms with E-state index in [1.807, 2.05) is 13.0 Å². The van der Waals surface area contributed by atoms with Gasteiger partial charge >= 0.3 is 0 Å². The maximum Gasteiger partial charge on any atom is 0.273 e. The van der Waals surface area contributed by atoms with E-state index in [4.69, 9.17) is 9.47 Å². The molecule has 0 aliphatic carbocycles. The van der Waals surface area contributed by atoms with Crippen molar-refractivity contribution >= 4 is 11.8 Å². The largest absolute Gasteiger partial charge is 0.497 e. The van der Waals surface area contributed by atoms with Gasteiger partial charge in [-0.1, -0.05) is 17.7 Å². The summed E-state index contributed by atoms with van der Waals surface area (Å²) in [6, 6.07) is 11.9. The quantitative estimate of drug-likeness (QED) is 0.847. The number of carbonyl (C=O) groups is 2. The van der Waals surface area contributed by atoms with Crippen molar-refractivity contribution < 1.29 is 19.1 Å². The lowest BCUT2D eigenvalue weighted by atomic mass is 10.1. The van der Waals surface area contributed by atoms with Gasteiger partial charge in [0.15, 0.2) is 0 Å². The molecule has 2 amide bonds. The zero-order chi connectivity index (χ0) is 16.8. The summed E-state index contributed by atoms with van der Waals surface area (Å²) in [4.78, 5) is 24.2. The van der Waals surface area contributed by atoms with Gasteiger partial charge in [-0.2, -0.15) is 0 Å². The molecule has 0 aliphatic heterocycles. The van der Waals surface area contributed by atoms with Crippen molar-refractivity contribution in [2.24, 2.45) is 0 Å². The number of rotatable bonds is 4. The molecule has 0 aliphatic rings. The van der Waals surface area contributed by atoms with E-state index < -0.39 is 11.8 Å². The van der Waals surface area contributed by atoms with Crippen LogP contribution in [0.5, 0.6) is 11.5 Å². The average molecular weight is 314 g/mol. The molecule has 0 atom stereocenters. The SMILES string of the molecule is COc1ccc(C(=O)NNC(=O)c2cccc(C)c2)c(OC)c1. The van der Waals surface area contributed by atoms with Crippen molar-refractivity contribution in [2.45, 2.75) is 6.92 Å². The van der Waals surface area contributed by atoms with E-state index >= 15 is 0 Å². The first-order chi connectivity index (χ1) is 11.0. The first kappa shape index (κ1) is 16.4. The molecule has 0 unspecified atom stereocenters. The number of hydrogen-bond donors (Lipinski definition) is 2. The van der Waals surface area contributed by atoms with Gasteiger partial charge in [-0.3, -0.25) is 20.4 Å². The van der Waals surface area contributed by atoms with Gasteiger partial charge in [0.1, 0.15) is 11.5 Å². The van der Waals surface area contributed by atoms with Crippen molar-refractivity contribution in [1.29, 1.82) is 0 Å². The van der Waals surface area contributed by atoms with Crippen LogP contribution in [0.2, 0.25) is 0 Å². The highest BCUT2D eigenvalue weighted by atomic mass is 16.5. The van der Waals surface area contributed by atoms with Crippen molar-refractivity contribution in [3.05, 3.63) is 59.2 Å². The summed E-state index contributed by atoms with van der Waals surface area (Å²) in [5.74, 6) is 0.0499. The first-order valence-electron chi connectivity index (χ1n) is 6.94. The normalized spacial score (nSPS) is 9.87. The van der Waals surface area contributed by atoms with Crippen LogP contribution in [0.15, 0.2) is 42.5 Å². The second-order valence-corrected chi connectivity index (χ2v) is 4.84. The molecule has 6 heteroatoms. The van der Waals surface area contributed by atoms with Crippen LogP contribution in [0.1, 0.15) is 26.3 Å². The Labute approximate surface area is 134 Å². The molecule has 6 nitrogen and oxygen atoms in total. The maximum absolute atomic E-state index is 12.2. The molecule has 0 heterocycles. The predicted octanol–water partition coefficient (Wildman–Crippen LogP) is 2.09. The summed E-state index contributed by atoms with van der Waals surface area (Å²) < 4.78 is 10.2. The molecule has 0 aromatic heterocycles. The minimum atomic E-state index is -0.481. The highest BCUT2D eigenvalue weighted by Crippen LogP contribution is 2.24. The number of hydrazine groups is 1. The van der Waals surface area contributed by atoms with E-state index in [1.54, 1.807) is 36.4 Å². The number of ether oxygens (including phenoxy) is 2. The Morgan fingerprint density at radius 2 is 1.65 bits per heavy atom. The smallest absolute Gasteiger partial charge is 0.273 e. The van der Waals surface area contributed by atoms with E-state index in [0.717, 1.165) is 5.56 Å². The van der Waals surface area contributed by atoms with Gasteiger partial charge in [0, 0.05) is 11.6 Å². The summed E-state index contributed by atoms with van der Waals surface area (Å²) in [6.07, 6.45) is 0. The molecule has 0 saturated heterocycles. The molecule has 2 N–H and O–H groups in total. The number of amides is 2. The van der Waals surface area contributed by atoms with Gasteiger partial charge in [0.2, 0.25) is 0 Å². The zero-order valence-electron chi connectivity index (χ0n) is 13.2. The fourth-order valence-electron chi connectivity index (χ4n) is 2.03. The molecular weight excluding hydrogens is 296 g/mol. The van der Waals surface area contributed by atoms with Crippen LogP contribution in [-0.4, -0.2) is 26.0 Å². The highest BCUT2D eigenvalue weighted by Gasteiger charge is 2.14. The Morgan fingerprint density at radius 3 is 2.30 bits per heavy atom. The van der Waals surface area contributed by atoms with E-state index in [2.05, 4.69) is 10.9 Å². The molecule has 0 spiro atoms. The lowest BCUT2D eigenvalue weighted by Crippen LogP contribution is -2.41. The van der Waals surface area contributed by atoms with Crippen molar-refractivity contribution in [1.82, 2.24) is 10.9 Å². The Hall–Kier alpha value is -3.02. The topological polar surface area (TPSA) is 76.7 Å². The van der Waals surface area contributed by atoms with Crippen molar-refractivity contribution in [2.75, 3.05) is 14.2 Å². The zero-order valence-corrected chi connectivity index (χ0v) is 13.2. The third-order valence-electron chi connectivity index (χ3n) is 3.22. The molecule has 2 aromatic carbocycles. The van der Waals surface area contributed by atoms with Crippen LogP contribution in [0.4, 0.5) is 0 Å². The lowest BCUT2D eigenvalue weighted by molar-refractivity contribution is 0.0845. The summed E-state index contributed by atoms with van der Waals surface area (Å²) >= 11 is 0. The van der Waals surface area contributed by atoms with Gasteiger partial charge in [0.25, 0.3) is 11.8 Å². The van der Waals surface area contributed by atoms with E-state index in [9.17, 15) is 9.59 Å². The second kappa shape index (κ2) is 7.31. The van der Waals surface area contributed by atoms with E-state index in [-0.39, 0.29) is 5.56 Å². The number of aryl methyl sites for hydroxylation is 1. The van der Waals surface area contributed by atoms with Gasteiger partial charge in [-0.15, -0.1) is 0 Å². The Bertz CT molecular complexity index is 728. The number of hydrogen-bond acceptors (Lipinski definition) is 4. The lowest BCUT2D eigenvalue weighted by Gasteiger charge is -2.11. The van der Waals surface area contributed by atoms with Crippen LogP contribution < -0.4 is 20.3 Å². The molecule has 2 aromatic rings. The Kier molecular flexibility index (Phi) is 5.19. The molecular formula is C17H18N2O4. The predicted molar refractivity (Wildman–Crippen MR) is 85.7 cm³/mol. The van der Waals surface area contributed by atoms with Gasteiger partial charge < -0.3 is 9.47 Å². The summed E-state index contributed by atoms with van der Waals surface area (Å²) in [5.41, 5.74) is 6.46. The third kappa shape index (κ3) is 4.00. The van der Waals surface area contributed by atoms with Crippen molar-refractivity contribution in [3.63, 3.8) is 0 Å². The number of benzene rings is 2. The molecule has 0 bridgehead atoms. The number of nitrogens with one attached hydrogen (secondary N) is 2. The molecule has 0 radical (unpaired) electrons. The number of carbonyl (C=O) groups excluding carboxylic acids is 2.